The fourth-order valence-electron chi connectivity index (χ4n) is 3.10. The van der Waals surface area contributed by atoms with Gasteiger partial charge >= 0.3 is 5.97 Å². The first kappa shape index (κ1) is 17.4. The first-order valence-electron chi connectivity index (χ1n) is 8.39. The number of methoxy groups -OCH3 is 2. The number of nitrogens with zero attached hydrogens (tertiary/aromatic N) is 2. The Hall–Kier alpha value is -2.47. The van der Waals surface area contributed by atoms with Crippen molar-refractivity contribution in [3.05, 3.63) is 47.4 Å². The van der Waals surface area contributed by atoms with Crippen molar-refractivity contribution in [2.75, 3.05) is 45.3 Å². The van der Waals surface area contributed by atoms with Gasteiger partial charge in [0.25, 0.3) is 0 Å². The van der Waals surface area contributed by atoms with Gasteiger partial charge in [0.15, 0.2) is 0 Å². The molecule has 2 heterocycles. The number of anilines is 1. The van der Waals surface area contributed by atoms with E-state index in [2.05, 4.69) is 21.9 Å². The first-order chi connectivity index (χ1) is 12.1. The number of rotatable bonds is 5. The molecule has 0 spiro atoms. The molecule has 1 fully saturated rings. The Bertz CT molecular complexity index is 716. The van der Waals surface area contributed by atoms with Gasteiger partial charge in [0, 0.05) is 37.4 Å². The Morgan fingerprint density at radius 3 is 2.40 bits per heavy atom. The summed E-state index contributed by atoms with van der Waals surface area (Å²) in [4.78, 5) is 16.3. The van der Waals surface area contributed by atoms with Crippen molar-refractivity contribution >= 4 is 11.7 Å². The van der Waals surface area contributed by atoms with Crippen molar-refractivity contribution in [2.45, 2.75) is 13.5 Å². The maximum Gasteiger partial charge on any atom is 0.374 e. The molecule has 0 amide bonds. The molecule has 1 aromatic carbocycles. The van der Waals surface area contributed by atoms with Gasteiger partial charge in [0.05, 0.1) is 20.8 Å². The molecule has 0 N–H and O–H groups in total. The van der Waals surface area contributed by atoms with Crippen LogP contribution in [-0.2, 0) is 11.3 Å². The standard InChI is InChI=1S/C19H24N2O4/c1-14-12-17(25-18(14)19(22)24-3)13-20-8-10-21(11-9-20)15-4-6-16(23-2)7-5-15/h4-7,12H,8-11,13H2,1-3H3. The smallest absolute Gasteiger partial charge is 0.374 e. The van der Waals surface area contributed by atoms with E-state index in [0.717, 1.165) is 43.3 Å². The van der Waals surface area contributed by atoms with E-state index in [4.69, 9.17) is 13.9 Å². The van der Waals surface area contributed by atoms with Gasteiger partial charge in [-0.05, 0) is 37.3 Å². The number of carbonyl (C=O) groups excluding carboxylic acids is 1. The van der Waals surface area contributed by atoms with E-state index in [1.54, 1.807) is 7.11 Å². The number of piperazine rings is 1. The molecule has 1 saturated heterocycles. The topological polar surface area (TPSA) is 55.2 Å². The number of hydrogen-bond donors (Lipinski definition) is 0. The molecule has 1 aromatic heterocycles. The highest BCUT2D eigenvalue weighted by Crippen LogP contribution is 2.22. The van der Waals surface area contributed by atoms with Crippen molar-refractivity contribution in [1.29, 1.82) is 0 Å². The van der Waals surface area contributed by atoms with E-state index in [1.165, 1.54) is 12.8 Å². The summed E-state index contributed by atoms with van der Waals surface area (Å²) in [5.41, 5.74) is 2.03. The lowest BCUT2D eigenvalue weighted by atomic mass is 10.2. The summed E-state index contributed by atoms with van der Waals surface area (Å²) in [7, 11) is 3.04. The fraction of sp³-hybridized carbons (Fsp3) is 0.421. The maximum absolute atomic E-state index is 11.6. The lowest BCUT2D eigenvalue weighted by molar-refractivity contribution is 0.0560. The van der Waals surface area contributed by atoms with E-state index in [9.17, 15) is 4.79 Å². The molecular formula is C19H24N2O4. The van der Waals surface area contributed by atoms with Crippen molar-refractivity contribution in [3.63, 3.8) is 0 Å². The molecule has 0 aliphatic carbocycles. The summed E-state index contributed by atoms with van der Waals surface area (Å²) in [6.45, 7) is 6.36. The highest BCUT2D eigenvalue weighted by atomic mass is 16.5. The van der Waals surface area contributed by atoms with Gasteiger partial charge in [0.1, 0.15) is 11.5 Å². The number of carbonyl (C=O) groups is 1. The molecule has 1 aliphatic heterocycles. The zero-order chi connectivity index (χ0) is 17.8. The van der Waals surface area contributed by atoms with E-state index in [1.807, 2.05) is 25.1 Å². The summed E-state index contributed by atoms with van der Waals surface area (Å²) in [5.74, 6) is 1.55. The third-order valence-electron chi connectivity index (χ3n) is 4.53. The Kier molecular flexibility index (Phi) is 5.28. The Labute approximate surface area is 147 Å². The Morgan fingerprint density at radius 2 is 1.80 bits per heavy atom. The molecular weight excluding hydrogens is 320 g/mol. The van der Waals surface area contributed by atoms with E-state index < -0.39 is 5.97 Å². The molecule has 0 atom stereocenters. The monoisotopic (exact) mass is 344 g/mol. The largest absolute Gasteiger partial charge is 0.497 e. The highest BCUT2D eigenvalue weighted by molar-refractivity contribution is 5.87. The van der Waals surface area contributed by atoms with Crippen LogP contribution in [0.15, 0.2) is 34.7 Å². The number of ether oxygens (including phenoxy) is 2. The molecule has 1 aliphatic rings. The van der Waals surface area contributed by atoms with Crippen LogP contribution in [0.25, 0.3) is 0 Å². The predicted octanol–water partition coefficient (Wildman–Crippen LogP) is 2.71. The van der Waals surface area contributed by atoms with Gasteiger partial charge in [-0.1, -0.05) is 0 Å². The molecule has 0 unspecified atom stereocenters. The lowest BCUT2D eigenvalue weighted by Gasteiger charge is -2.35. The number of hydrogen-bond acceptors (Lipinski definition) is 6. The molecule has 134 valence electrons. The Morgan fingerprint density at radius 1 is 1.12 bits per heavy atom. The average molecular weight is 344 g/mol. The van der Waals surface area contributed by atoms with Crippen LogP contribution in [0, 0.1) is 6.92 Å². The van der Waals surface area contributed by atoms with Crippen molar-refractivity contribution in [3.8, 4) is 5.75 Å². The van der Waals surface area contributed by atoms with Crippen molar-refractivity contribution in [1.82, 2.24) is 4.90 Å². The van der Waals surface area contributed by atoms with Gasteiger partial charge in [-0.3, -0.25) is 4.90 Å². The zero-order valence-electron chi connectivity index (χ0n) is 14.9. The number of esters is 1. The SMILES string of the molecule is COC(=O)c1oc(CN2CCN(c3ccc(OC)cc3)CC2)cc1C. The summed E-state index contributed by atoms with van der Waals surface area (Å²) >= 11 is 0. The van der Waals surface area contributed by atoms with Crippen LogP contribution in [0.4, 0.5) is 5.69 Å². The van der Waals surface area contributed by atoms with E-state index in [-0.39, 0.29) is 0 Å². The molecule has 0 bridgehead atoms. The summed E-state index contributed by atoms with van der Waals surface area (Å²) < 4.78 is 15.6. The van der Waals surface area contributed by atoms with Gasteiger partial charge in [-0.25, -0.2) is 4.79 Å². The van der Waals surface area contributed by atoms with Crippen molar-refractivity contribution in [2.24, 2.45) is 0 Å². The minimum Gasteiger partial charge on any atom is -0.497 e. The van der Waals surface area contributed by atoms with Crippen LogP contribution in [-0.4, -0.2) is 51.3 Å². The maximum atomic E-state index is 11.6. The fourth-order valence-corrected chi connectivity index (χ4v) is 3.10. The molecule has 3 rings (SSSR count). The molecule has 2 aromatic rings. The third-order valence-corrected chi connectivity index (χ3v) is 4.53. The second kappa shape index (κ2) is 7.61. The average Bonchev–Trinajstić information content (AvgIpc) is 3.02. The second-order valence-corrected chi connectivity index (χ2v) is 6.18. The molecule has 25 heavy (non-hydrogen) atoms. The summed E-state index contributed by atoms with van der Waals surface area (Å²) in [5, 5.41) is 0. The molecule has 0 saturated carbocycles. The van der Waals surface area contributed by atoms with E-state index in [0.29, 0.717) is 12.3 Å². The van der Waals surface area contributed by atoms with Crippen LogP contribution in [0.3, 0.4) is 0 Å². The zero-order valence-corrected chi connectivity index (χ0v) is 14.9. The normalized spacial score (nSPS) is 15.2. The predicted molar refractivity (Wildman–Crippen MR) is 95.3 cm³/mol. The first-order valence-corrected chi connectivity index (χ1v) is 8.39. The van der Waals surface area contributed by atoms with E-state index >= 15 is 0 Å². The van der Waals surface area contributed by atoms with Crippen LogP contribution in [0.1, 0.15) is 21.9 Å². The molecule has 6 heteroatoms. The number of furan rings is 1. The minimum absolute atomic E-state index is 0.300. The quantitative estimate of drug-likeness (QED) is 0.778. The van der Waals surface area contributed by atoms with Crippen molar-refractivity contribution < 1.29 is 18.7 Å². The van der Waals surface area contributed by atoms with Gasteiger partial charge in [-0.2, -0.15) is 0 Å². The third kappa shape index (κ3) is 3.96. The van der Waals surface area contributed by atoms with Gasteiger partial charge in [-0.15, -0.1) is 0 Å². The second-order valence-electron chi connectivity index (χ2n) is 6.18. The summed E-state index contributed by atoms with van der Waals surface area (Å²) in [6, 6.07) is 10.1. The molecule has 0 radical (unpaired) electrons. The number of aryl methyl sites for hydroxylation is 1. The number of benzene rings is 1. The van der Waals surface area contributed by atoms with Crippen LogP contribution < -0.4 is 9.64 Å². The van der Waals surface area contributed by atoms with Crippen LogP contribution >= 0.6 is 0 Å². The van der Waals surface area contributed by atoms with Gasteiger partial charge < -0.3 is 18.8 Å². The van der Waals surface area contributed by atoms with Gasteiger partial charge in [0.2, 0.25) is 5.76 Å². The summed E-state index contributed by atoms with van der Waals surface area (Å²) in [6.07, 6.45) is 0. The van der Waals surface area contributed by atoms with Crippen LogP contribution in [0.2, 0.25) is 0 Å². The lowest BCUT2D eigenvalue weighted by Crippen LogP contribution is -2.45. The van der Waals surface area contributed by atoms with Crippen LogP contribution in [0.5, 0.6) is 5.75 Å². The highest BCUT2D eigenvalue weighted by Gasteiger charge is 2.21. The molecule has 6 nitrogen and oxygen atoms in total. The Balaban J connectivity index is 1.56. The minimum atomic E-state index is -0.423.